The predicted molar refractivity (Wildman–Crippen MR) is 93.5 cm³/mol. The summed E-state index contributed by atoms with van der Waals surface area (Å²) in [7, 11) is 0. The quantitative estimate of drug-likeness (QED) is 0.836. The Morgan fingerprint density at radius 1 is 1.04 bits per heavy atom. The molecule has 0 unspecified atom stereocenters. The van der Waals surface area contributed by atoms with Gasteiger partial charge in [-0.1, -0.05) is 13.8 Å². The van der Waals surface area contributed by atoms with Gasteiger partial charge in [-0.25, -0.2) is 0 Å². The van der Waals surface area contributed by atoms with Gasteiger partial charge in [0.25, 0.3) is 0 Å². The number of nitrogens with one attached hydrogen (secondary N) is 1. The van der Waals surface area contributed by atoms with Crippen LogP contribution < -0.4 is 5.32 Å². The molecule has 6 atom stereocenters. The Morgan fingerprint density at radius 2 is 1.84 bits per heavy atom. The predicted octanol–water partition coefficient (Wildman–Crippen LogP) is 3.36. The van der Waals surface area contributed by atoms with E-state index in [1.165, 1.54) is 12.8 Å². The molecule has 1 aliphatic heterocycles. The third-order valence-corrected chi connectivity index (χ3v) is 8.26. The van der Waals surface area contributed by atoms with Crippen molar-refractivity contribution in [3.05, 3.63) is 11.8 Å². The van der Waals surface area contributed by atoms with Gasteiger partial charge in [-0.3, -0.25) is 9.59 Å². The highest BCUT2D eigenvalue weighted by Gasteiger charge is 2.61. The number of piperidine rings is 1. The van der Waals surface area contributed by atoms with E-state index < -0.39 is 0 Å². The number of amides is 1. The molecule has 1 saturated heterocycles. The second-order valence-electron chi connectivity index (χ2n) is 9.61. The number of rotatable bonds is 2. The van der Waals surface area contributed by atoms with E-state index in [4.69, 9.17) is 4.74 Å². The molecule has 136 valence electrons. The first kappa shape index (κ1) is 16.0. The van der Waals surface area contributed by atoms with E-state index in [-0.39, 0.29) is 28.4 Å². The van der Waals surface area contributed by atoms with Crippen LogP contribution in [0, 0.1) is 28.6 Å². The molecule has 5 aliphatic rings. The van der Waals surface area contributed by atoms with E-state index in [0.717, 1.165) is 37.8 Å². The number of fused-ring (bicyclic) bond motifs is 5. The van der Waals surface area contributed by atoms with Crippen LogP contribution in [0.4, 0.5) is 0 Å². The first-order chi connectivity index (χ1) is 11.9. The number of ketones is 1. The molecule has 0 aromatic rings. The summed E-state index contributed by atoms with van der Waals surface area (Å²) in [4.78, 5) is 24.9. The largest absolute Gasteiger partial charge is 0.374 e. The topological polar surface area (TPSA) is 55.4 Å². The molecule has 1 amide bonds. The van der Waals surface area contributed by atoms with Gasteiger partial charge in [-0.05, 0) is 62.2 Å². The van der Waals surface area contributed by atoms with Gasteiger partial charge in [0.05, 0.1) is 12.2 Å². The van der Waals surface area contributed by atoms with Gasteiger partial charge in [0.2, 0.25) is 5.91 Å². The molecular weight excluding hydrogens is 314 g/mol. The van der Waals surface area contributed by atoms with Gasteiger partial charge in [-0.2, -0.15) is 0 Å². The highest BCUT2D eigenvalue weighted by atomic mass is 16.5. The van der Waals surface area contributed by atoms with Crippen LogP contribution in [0.3, 0.4) is 0 Å². The second-order valence-corrected chi connectivity index (χ2v) is 9.61. The fourth-order valence-electron chi connectivity index (χ4n) is 6.55. The van der Waals surface area contributed by atoms with Crippen molar-refractivity contribution in [3.63, 3.8) is 0 Å². The number of allylic oxidation sites excluding steroid dienone is 2. The smallest absolute Gasteiger partial charge is 0.224 e. The van der Waals surface area contributed by atoms with Gasteiger partial charge >= 0.3 is 0 Å². The zero-order valence-corrected chi connectivity index (χ0v) is 15.3. The Balaban J connectivity index is 1.48. The van der Waals surface area contributed by atoms with Crippen LogP contribution in [0.2, 0.25) is 0 Å². The van der Waals surface area contributed by atoms with Crippen molar-refractivity contribution >= 4 is 11.7 Å². The molecule has 0 spiro atoms. The van der Waals surface area contributed by atoms with Crippen molar-refractivity contribution in [2.45, 2.75) is 77.4 Å². The van der Waals surface area contributed by atoms with Crippen LogP contribution in [-0.2, 0) is 14.3 Å². The van der Waals surface area contributed by atoms with Crippen LogP contribution in [-0.4, -0.2) is 23.9 Å². The first-order valence-electron chi connectivity index (χ1n) is 10.1. The van der Waals surface area contributed by atoms with Crippen molar-refractivity contribution in [3.8, 4) is 0 Å². The van der Waals surface area contributed by atoms with E-state index >= 15 is 0 Å². The molecule has 4 fully saturated rings. The minimum atomic E-state index is -0.0384. The summed E-state index contributed by atoms with van der Waals surface area (Å²) < 4.78 is 6.37. The summed E-state index contributed by atoms with van der Waals surface area (Å²) in [6, 6.07) is 0. The summed E-state index contributed by atoms with van der Waals surface area (Å²) in [6.07, 6.45) is 11.0. The van der Waals surface area contributed by atoms with E-state index in [9.17, 15) is 9.59 Å². The number of ether oxygens (including phenoxy) is 1. The monoisotopic (exact) mass is 343 g/mol. The molecule has 25 heavy (non-hydrogen) atoms. The van der Waals surface area contributed by atoms with Crippen LogP contribution >= 0.6 is 0 Å². The number of carbonyl (C=O) groups is 2. The zero-order valence-electron chi connectivity index (χ0n) is 15.3. The molecular formula is C21H29NO3. The lowest BCUT2D eigenvalue weighted by molar-refractivity contribution is -0.140. The molecule has 5 rings (SSSR count). The molecule has 0 radical (unpaired) electrons. The number of hydrogen-bond acceptors (Lipinski definition) is 3. The number of carbonyl (C=O) groups excluding carboxylic acids is 2. The van der Waals surface area contributed by atoms with E-state index in [2.05, 4.69) is 19.2 Å². The average molecular weight is 343 g/mol. The van der Waals surface area contributed by atoms with Gasteiger partial charge in [-0.15, -0.1) is 0 Å². The summed E-state index contributed by atoms with van der Waals surface area (Å²) in [6.45, 7) is 4.66. The molecule has 1 N–H and O–H groups in total. The van der Waals surface area contributed by atoms with Crippen LogP contribution in [0.1, 0.15) is 65.2 Å². The van der Waals surface area contributed by atoms with Crippen LogP contribution in [0.25, 0.3) is 0 Å². The molecule has 4 nitrogen and oxygen atoms in total. The summed E-state index contributed by atoms with van der Waals surface area (Å²) >= 11 is 0. The summed E-state index contributed by atoms with van der Waals surface area (Å²) in [5, 5.41) is 3.01. The van der Waals surface area contributed by atoms with Gasteiger partial charge in [0.15, 0.2) is 5.78 Å². The molecule has 0 bridgehead atoms. The average Bonchev–Trinajstić information content (AvgIpc) is 3.32. The summed E-state index contributed by atoms with van der Waals surface area (Å²) in [5.41, 5.74) is 1.00. The lowest BCUT2D eigenvalue weighted by Gasteiger charge is -2.56. The van der Waals surface area contributed by atoms with Crippen LogP contribution in [0.15, 0.2) is 11.8 Å². The normalized spacial score (nSPS) is 49.0. The van der Waals surface area contributed by atoms with Gasteiger partial charge in [0.1, 0.15) is 0 Å². The minimum absolute atomic E-state index is 0.0384. The van der Waals surface area contributed by atoms with E-state index in [1.54, 1.807) is 6.08 Å². The highest BCUT2D eigenvalue weighted by Crippen LogP contribution is 2.63. The SMILES string of the molecule is C[C@]12CC[C@H]3[C@@H](C(=O)C=C4NC(=O)CC[C@@]43C)[C@@H]1CC[C@@H]2OC1CC1. The minimum Gasteiger partial charge on any atom is -0.374 e. The maximum atomic E-state index is 13.1. The Hall–Kier alpha value is -1.16. The first-order valence-corrected chi connectivity index (χ1v) is 10.1. The van der Waals surface area contributed by atoms with Crippen molar-refractivity contribution in [1.82, 2.24) is 5.32 Å². The highest BCUT2D eigenvalue weighted by molar-refractivity contribution is 5.96. The maximum absolute atomic E-state index is 13.1. The fourth-order valence-corrected chi connectivity index (χ4v) is 6.55. The molecule has 4 aliphatic carbocycles. The molecule has 3 saturated carbocycles. The van der Waals surface area contributed by atoms with E-state index in [0.29, 0.717) is 30.5 Å². The standard InChI is InChI=1S/C21H29NO3/c1-20-10-8-18(24)22-16(20)11-15(23)19-13-5-6-17(25-12-3-4-12)21(13,2)9-7-14(19)20/h11-14,17,19H,3-10H2,1-2H3,(H,22,24)/t13-,14-,17-,19-,20+,21-/m0/s1. The molecule has 4 heteroatoms. The third-order valence-electron chi connectivity index (χ3n) is 8.26. The third kappa shape index (κ3) is 2.22. The van der Waals surface area contributed by atoms with Crippen LogP contribution in [0.5, 0.6) is 0 Å². The lowest BCUT2D eigenvalue weighted by Crippen LogP contribution is -2.56. The van der Waals surface area contributed by atoms with Crippen molar-refractivity contribution in [2.75, 3.05) is 0 Å². The Labute approximate surface area is 149 Å². The molecule has 1 heterocycles. The van der Waals surface area contributed by atoms with Gasteiger partial charge in [0, 0.05) is 29.5 Å². The molecule has 0 aromatic carbocycles. The van der Waals surface area contributed by atoms with Crippen molar-refractivity contribution in [2.24, 2.45) is 28.6 Å². The maximum Gasteiger partial charge on any atom is 0.224 e. The zero-order chi connectivity index (χ0) is 17.4. The summed E-state index contributed by atoms with van der Waals surface area (Å²) in [5.74, 6) is 1.25. The lowest BCUT2D eigenvalue weighted by atomic mass is 9.49. The Bertz CT molecular complexity index is 666. The van der Waals surface area contributed by atoms with Gasteiger partial charge < -0.3 is 10.1 Å². The second kappa shape index (κ2) is 5.18. The fraction of sp³-hybridized carbons (Fsp3) is 0.810. The van der Waals surface area contributed by atoms with Crippen molar-refractivity contribution < 1.29 is 14.3 Å². The molecule has 0 aromatic heterocycles. The van der Waals surface area contributed by atoms with E-state index in [1.807, 2.05) is 0 Å². The number of hydrogen-bond donors (Lipinski definition) is 1. The Morgan fingerprint density at radius 3 is 2.60 bits per heavy atom. The van der Waals surface area contributed by atoms with Crippen molar-refractivity contribution in [1.29, 1.82) is 0 Å². The Kier molecular flexibility index (Phi) is 3.33.